The van der Waals surface area contributed by atoms with Gasteiger partial charge in [0.1, 0.15) is 18.1 Å². The van der Waals surface area contributed by atoms with Gasteiger partial charge in [-0.25, -0.2) is 4.39 Å². The maximum atomic E-state index is 13.0. The molecular formula is C13H11FN2O3. The lowest BCUT2D eigenvalue weighted by molar-refractivity contribution is -0.137. The predicted molar refractivity (Wildman–Crippen MR) is 66.4 cm³/mol. The van der Waals surface area contributed by atoms with E-state index in [2.05, 4.69) is 5.32 Å². The average molecular weight is 262 g/mol. The normalized spacial score (nSPS) is 10.2. The quantitative estimate of drug-likeness (QED) is 0.884. The molecule has 0 saturated heterocycles. The maximum absolute atomic E-state index is 13.0. The molecule has 0 bridgehead atoms. The number of hydrogen-bond acceptors (Lipinski definition) is 2. The molecule has 0 fully saturated rings. The van der Waals surface area contributed by atoms with E-state index in [-0.39, 0.29) is 12.2 Å². The predicted octanol–water partition coefficient (Wildman–Crippen LogP) is 1.96. The van der Waals surface area contributed by atoms with Crippen LogP contribution in [0.15, 0.2) is 42.6 Å². The van der Waals surface area contributed by atoms with E-state index in [1.54, 1.807) is 12.1 Å². The number of nitrogens with zero attached hydrogens (tertiary/aromatic N) is 1. The fraction of sp³-hybridized carbons (Fsp3) is 0.0769. The van der Waals surface area contributed by atoms with Crippen LogP contribution in [0.1, 0.15) is 10.5 Å². The monoisotopic (exact) mass is 262 g/mol. The largest absolute Gasteiger partial charge is 0.480 e. The molecule has 0 aliphatic carbocycles. The van der Waals surface area contributed by atoms with E-state index in [1.165, 1.54) is 35.0 Å². The molecule has 0 saturated carbocycles. The lowest BCUT2D eigenvalue weighted by Crippen LogP contribution is -2.19. The van der Waals surface area contributed by atoms with Gasteiger partial charge >= 0.3 is 5.97 Å². The first-order valence-corrected chi connectivity index (χ1v) is 5.50. The van der Waals surface area contributed by atoms with Crippen molar-refractivity contribution in [1.29, 1.82) is 0 Å². The summed E-state index contributed by atoms with van der Waals surface area (Å²) in [6.07, 6.45) is 1.49. The summed E-state index contributed by atoms with van der Waals surface area (Å²) >= 11 is 0. The van der Waals surface area contributed by atoms with Gasteiger partial charge in [-0.1, -0.05) is 6.07 Å². The van der Waals surface area contributed by atoms with E-state index in [0.717, 1.165) is 0 Å². The summed E-state index contributed by atoms with van der Waals surface area (Å²) in [7, 11) is 0. The molecule has 1 aromatic carbocycles. The van der Waals surface area contributed by atoms with Gasteiger partial charge in [0.25, 0.3) is 5.91 Å². The number of amides is 1. The van der Waals surface area contributed by atoms with Crippen LogP contribution in [0, 0.1) is 5.82 Å². The topological polar surface area (TPSA) is 71.3 Å². The first kappa shape index (κ1) is 12.8. The van der Waals surface area contributed by atoms with Crippen molar-refractivity contribution >= 4 is 17.6 Å². The summed E-state index contributed by atoms with van der Waals surface area (Å²) in [4.78, 5) is 22.6. The van der Waals surface area contributed by atoms with Crippen molar-refractivity contribution in [2.45, 2.75) is 6.54 Å². The molecule has 2 aromatic rings. The van der Waals surface area contributed by atoms with Crippen molar-refractivity contribution in [2.24, 2.45) is 0 Å². The zero-order valence-electron chi connectivity index (χ0n) is 9.84. The Bertz CT molecular complexity index is 622. The van der Waals surface area contributed by atoms with Crippen LogP contribution < -0.4 is 5.32 Å². The third kappa shape index (κ3) is 3.19. The van der Waals surface area contributed by atoms with Crippen molar-refractivity contribution in [3.63, 3.8) is 0 Å². The molecule has 0 radical (unpaired) electrons. The standard InChI is InChI=1S/C13H11FN2O3/c14-9-3-1-4-10(7-9)15-13(19)11-5-2-6-16(11)8-12(17)18/h1-7H,8H2,(H,15,19)(H,17,18). The zero-order valence-corrected chi connectivity index (χ0v) is 9.84. The van der Waals surface area contributed by atoms with Gasteiger partial charge < -0.3 is 15.0 Å². The highest BCUT2D eigenvalue weighted by Gasteiger charge is 2.12. The minimum atomic E-state index is -1.05. The minimum Gasteiger partial charge on any atom is -0.480 e. The number of aliphatic carboxylic acids is 1. The summed E-state index contributed by atoms with van der Waals surface area (Å²) in [6.45, 7) is -0.307. The Balaban J connectivity index is 2.16. The second-order valence-corrected chi connectivity index (χ2v) is 3.88. The number of rotatable bonds is 4. The van der Waals surface area contributed by atoms with Crippen LogP contribution in [0.3, 0.4) is 0 Å². The number of carbonyl (C=O) groups is 2. The second kappa shape index (κ2) is 5.34. The van der Waals surface area contributed by atoms with E-state index < -0.39 is 17.7 Å². The van der Waals surface area contributed by atoms with Crippen LogP contribution in [0.5, 0.6) is 0 Å². The summed E-state index contributed by atoms with van der Waals surface area (Å²) in [5.74, 6) is -1.99. The van der Waals surface area contributed by atoms with Crippen molar-refractivity contribution in [1.82, 2.24) is 4.57 Å². The van der Waals surface area contributed by atoms with Gasteiger partial charge in [0.05, 0.1) is 0 Å². The Morgan fingerprint density at radius 1 is 1.26 bits per heavy atom. The van der Waals surface area contributed by atoms with Gasteiger partial charge in [-0.2, -0.15) is 0 Å². The Labute approximate surface area is 108 Å². The van der Waals surface area contributed by atoms with E-state index in [4.69, 9.17) is 5.11 Å². The molecule has 5 nitrogen and oxygen atoms in total. The van der Waals surface area contributed by atoms with Crippen LogP contribution in [0.4, 0.5) is 10.1 Å². The second-order valence-electron chi connectivity index (χ2n) is 3.88. The first-order valence-electron chi connectivity index (χ1n) is 5.50. The smallest absolute Gasteiger partial charge is 0.323 e. The molecule has 0 aliphatic heterocycles. The van der Waals surface area contributed by atoms with E-state index in [9.17, 15) is 14.0 Å². The Kier molecular flexibility index (Phi) is 3.61. The number of benzene rings is 1. The van der Waals surface area contributed by atoms with Gasteiger partial charge in [-0.3, -0.25) is 9.59 Å². The van der Waals surface area contributed by atoms with Crippen LogP contribution in [-0.4, -0.2) is 21.6 Å². The SMILES string of the molecule is O=C(O)Cn1cccc1C(=O)Nc1cccc(F)c1. The number of carboxylic acids is 1. The molecule has 0 spiro atoms. The molecule has 0 unspecified atom stereocenters. The number of halogens is 1. The lowest BCUT2D eigenvalue weighted by Gasteiger charge is -2.08. The van der Waals surface area contributed by atoms with Crippen LogP contribution in [-0.2, 0) is 11.3 Å². The summed E-state index contributed by atoms with van der Waals surface area (Å²) in [5.41, 5.74) is 0.514. The van der Waals surface area contributed by atoms with Crippen molar-refractivity contribution in [3.8, 4) is 0 Å². The number of hydrogen-bond donors (Lipinski definition) is 2. The molecule has 2 rings (SSSR count). The van der Waals surface area contributed by atoms with Gasteiger partial charge in [0, 0.05) is 11.9 Å². The van der Waals surface area contributed by atoms with Gasteiger partial charge in [-0.05, 0) is 30.3 Å². The number of carboxylic acid groups (broad SMARTS) is 1. The van der Waals surface area contributed by atoms with Gasteiger partial charge in [0.15, 0.2) is 0 Å². The molecule has 6 heteroatoms. The van der Waals surface area contributed by atoms with Crippen LogP contribution >= 0.6 is 0 Å². The van der Waals surface area contributed by atoms with Crippen LogP contribution in [0.2, 0.25) is 0 Å². The number of aromatic nitrogens is 1. The van der Waals surface area contributed by atoms with Crippen LogP contribution in [0.25, 0.3) is 0 Å². The first-order chi connectivity index (χ1) is 9.06. The maximum Gasteiger partial charge on any atom is 0.323 e. The Hall–Kier alpha value is -2.63. The van der Waals surface area contributed by atoms with Crippen molar-refractivity contribution in [2.75, 3.05) is 5.32 Å². The Morgan fingerprint density at radius 3 is 2.74 bits per heavy atom. The third-order valence-electron chi connectivity index (χ3n) is 2.45. The average Bonchev–Trinajstić information content (AvgIpc) is 2.76. The molecule has 1 heterocycles. The molecule has 0 atom stereocenters. The highest BCUT2D eigenvalue weighted by molar-refractivity contribution is 6.03. The van der Waals surface area contributed by atoms with E-state index in [0.29, 0.717) is 5.69 Å². The lowest BCUT2D eigenvalue weighted by atomic mass is 10.3. The Morgan fingerprint density at radius 2 is 2.05 bits per heavy atom. The van der Waals surface area contributed by atoms with Gasteiger partial charge in [0.2, 0.25) is 0 Å². The number of nitrogens with one attached hydrogen (secondary N) is 1. The molecule has 1 amide bonds. The molecule has 19 heavy (non-hydrogen) atoms. The summed E-state index contributed by atoms with van der Waals surface area (Å²) in [6, 6.07) is 8.54. The minimum absolute atomic E-state index is 0.201. The van der Waals surface area contributed by atoms with Gasteiger partial charge in [-0.15, -0.1) is 0 Å². The van der Waals surface area contributed by atoms with E-state index in [1.807, 2.05) is 0 Å². The summed E-state index contributed by atoms with van der Waals surface area (Å²) < 4.78 is 14.3. The highest BCUT2D eigenvalue weighted by atomic mass is 19.1. The van der Waals surface area contributed by atoms with Crippen molar-refractivity contribution < 1.29 is 19.1 Å². The third-order valence-corrected chi connectivity index (χ3v) is 2.45. The number of anilines is 1. The van der Waals surface area contributed by atoms with E-state index >= 15 is 0 Å². The highest BCUT2D eigenvalue weighted by Crippen LogP contribution is 2.11. The number of carbonyl (C=O) groups excluding carboxylic acids is 1. The molecular weight excluding hydrogens is 251 g/mol. The molecule has 2 N–H and O–H groups in total. The summed E-state index contributed by atoms with van der Waals surface area (Å²) in [5, 5.41) is 11.2. The zero-order chi connectivity index (χ0) is 13.8. The fourth-order valence-electron chi connectivity index (χ4n) is 1.67. The van der Waals surface area contributed by atoms with Crippen molar-refractivity contribution in [3.05, 3.63) is 54.1 Å². The molecule has 0 aliphatic rings. The fourth-order valence-corrected chi connectivity index (χ4v) is 1.67. The molecule has 1 aromatic heterocycles. The molecule has 98 valence electrons.